The maximum atomic E-state index is 12.7. The lowest BCUT2D eigenvalue weighted by atomic mass is 9.65. The van der Waals surface area contributed by atoms with Crippen molar-refractivity contribution < 1.29 is 14.3 Å². The summed E-state index contributed by atoms with van der Waals surface area (Å²) in [6, 6.07) is 11.6. The van der Waals surface area contributed by atoms with Gasteiger partial charge in [-0.25, -0.2) is 4.79 Å². The fourth-order valence-electron chi connectivity index (χ4n) is 5.34. The number of hydrogen-bond donors (Lipinski definition) is 2. The molecular formula is C24H29Cl2N3O3. The van der Waals surface area contributed by atoms with Gasteiger partial charge in [0.25, 0.3) is 0 Å². The third-order valence-corrected chi connectivity index (χ3v) is 7.84. The molecule has 0 radical (unpaired) electrons. The van der Waals surface area contributed by atoms with E-state index in [2.05, 4.69) is 34.7 Å². The van der Waals surface area contributed by atoms with Crippen LogP contribution in [0.1, 0.15) is 31.2 Å². The Morgan fingerprint density at radius 2 is 1.91 bits per heavy atom. The summed E-state index contributed by atoms with van der Waals surface area (Å²) < 4.78 is 11.0. The Kier molecular flexibility index (Phi) is 6.75. The molecule has 3 atom stereocenters. The number of hydrogen-bond acceptors (Lipinski definition) is 4. The lowest BCUT2D eigenvalue weighted by Crippen LogP contribution is -2.52. The largest absolute Gasteiger partial charge is 0.493 e. The van der Waals surface area contributed by atoms with E-state index in [-0.39, 0.29) is 17.5 Å². The number of carbonyl (C=O) groups is 1. The van der Waals surface area contributed by atoms with Crippen molar-refractivity contribution in [1.29, 1.82) is 0 Å². The minimum Gasteiger partial charge on any atom is -0.493 e. The molecule has 4 rings (SSSR count). The van der Waals surface area contributed by atoms with Gasteiger partial charge in [-0.1, -0.05) is 35.3 Å². The number of likely N-dealkylation sites (tertiary alicyclic amines) is 1. The number of methoxy groups -OCH3 is 2. The summed E-state index contributed by atoms with van der Waals surface area (Å²) in [4.78, 5) is 15.1. The molecule has 2 aliphatic rings. The van der Waals surface area contributed by atoms with Gasteiger partial charge in [-0.05, 0) is 69.1 Å². The maximum Gasteiger partial charge on any atom is 0.319 e. The monoisotopic (exact) mass is 477 g/mol. The first-order valence-electron chi connectivity index (χ1n) is 10.8. The fourth-order valence-corrected chi connectivity index (χ4v) is 5.69. The number of amides is 2. The zero-order valence-corrected chi connectivity index (χ0v) is 20.1. The van der Waals surface area contributed by atoms with Gasteiger partial charge < -0.3 is 25.0 Å². The van der Waals surface area contributed by atoms with Crippen LogP contribution in [0, 0.1) is 0 Å². The van der Waals surface area contributed by atoms with E-state index in [0.29, 0.717) is 21.8 Å². The van der Waals surface area contributed by atoms with E-state index in [9.17, 15) is 4.79 Å². The highest BCUT2D eigenvalue weighted by molar-refractivity contribution is 6.43. The smallest absolute Gasteiger partial charge is 0.319 e. The summed E-state index contributed by atoms with van der Waals surface area (Å²) in [5, 5.41) is 6.72. The van der Waals surface area contributed by atoms with Crippen molar-refractivity contribution >= 4 is 34.9 Å². The number of urea groups is 1. The van der Waals surface area contributed by atoms with Crippen LogP contribution in [0.25, 0.3) is 0 Å². The van der Waals surface area contributed by atoms with Gasteiger partial charge in [0.1, 0.15) is 0 Å². The van der Waals surface area contributed by atoms with Crippen LogP contribution in [-0.4, -0.2) is 50.8 Å². The molecule has 0 aromatic heterocycles. The van der Waals surface area contributed by atoms with Crippen LogP contribution in [0.4, 0.5) is 10.5 Å². The van der Waals surface area contributed by atoms with Gasteiger partial charge in [-0.2, -0.15) is 0 Å². The van der Waals surface area contributed by atoms with E-state index in [1.807, 2.05) is 6.07 Å². The molecule has 8 heteroatoms. The number of rotatable bonds is 5. The molecule has 1 aliphatic carbocycles. The Hall–Kier alpha value is -2.15. The van der Waals surface area contributed by atoms with Crippen LogP contribution in [0.2, 0.25) is 10.0 Å². The van der Waals surface area contributed by atoms with E-state index in [4.69, 9.17) is 32.7 Å². The number of likely N-dealkylation sites (N-methyl/N-ethyl adjacent to an activating group) is 1. The summed E-state index contributed by atoms with van der Waals surface area (Å²) in [6.45, 7) is 1.02. The molecule has 2 amide bonds. The lowest BCUT2D eigenvalue weighted by Gasteiger charge is -2.45. The van der Waals surface area contributed by atoms with Crippen LogP contribution >= 0.6 is 23.2 Å². The molecule has 1 saturated carbocycles. The van der Waals surface area contributed by atoms with E-state index in [1.54, 1.807) is 32.4 Å². The van der Waals surface area contributed by atoms with Gasteiger partial charge in [-0.3, -0.25) is 0 Å². The van der Waals surface area contributed by atoms with Crippen molar-refractivity contribution in [3.05, 3.63) is 52.0 Å². The average Bonchev–Trinajstić information content (AvgIpc) is 3.13. The van der Waals surface area contributed by atoms with Crippen LogP contribution in [0.5, 0.6) is 11.5 Å². The van der Waals surface area contributed by atoms with Gasteiger partial charge in [0, 0.05) is 17.5 Å². The molecule has 2 aromatic rings. The molecule has 2 N–H and O–H groups in total. The molecule has 6 nitrogen and oxygen atoms in total. The standard InChI is InChI=1S/C24H29Cl2N3O3/c1-29-12-11-24(15-7-8-19(31-2)20(13-15)32-3)10-9-16(14-21(24)29)27-23(30)28-18-6-4-5-17(25)22(18)26/h4-8,13,16,21H,9-12,14H2,1-3H3,(H2,27,28,30)/t16?,21-,24+/m1/s1. The summed E-state index contributed by atoms with van der Waals surface area (Å²) in [6.07, 6.45) is 3.85. The molecule has 1 saturated heterocycles. The normalized spacial score (nSPS) is 25.2. The average molecular weight is 478 g/mol. The first-order valence-corrected chi connectivity index (χ1v) is 11.6. The second kappa shape index (κ2) is 9.38. The molecule has 0 spiro atoms. The second-order valence-corrected chi connectivity index (χ2v) is 9.43. The van der Waals surface area contributed by atoms with Crippen LogP contribution in [0.15, 0.2) is 36.4 Å². The number of carbonyl (C=O) groups excluding carboxylic acids is 1. The first kappa shape index (κ1) is 23.0. The predicted molar refractivity (Wildman–Crippen MR) is 129 cm³/mol. The minimum absolute atomic E-state index is 0.0409. The van der Waals surface area contributed by atoms with E-state index in [1.165, 1.54) is 5.56 Å². The summed E-state index contributed by atoms with van der Waals surface area (Å²) in [5.74, 6) is 1.49. The number of benzene rings is 2. The Labute approximate surface area is 199 Å². The number of nitrogens with one attached hydrogen (secondary N) is 2. The third-order valence-electron chi connectivity index (χ3n) is 7.02. The van der Waals surface area contributed by atoms with Crippen molar-refractivity contribution in [2.24, 2.45) is 0 Å². The summed E-state index contributed by atoms with van der Waals surface area (Å²) in [7, 11) is 5.49. The van der Waals surface area contributed by atoms with Crippen LogP contribution in [0.3, 0.4) is 0 Å². The Morgan fingerprint density at radius 1 is 1.12 bits per heavy atom. The number of anilines is 1. The van der Waals surface area contributed by atoms with E-state index in [0.717, 1.165) is 43.7 Å². The molecule has 1 aliphatic heterocycles. The molecule has 1 unspecified atom stereocenters. The van der Waals surface area contributed by atoms with Crippen molar-refractivity contribution in [1.82, 2.24) is 10.2 Å². The Morgan fingerprint density at radius 3 is 2.66 bits per heavy atom. The predicted octanol–water partition coefficient (Wildman–Crippen LogP) is 5.33. The number of halogens is 2. The van der Waals surface area contributed by atoms with Gasteiger partial charge >= 0.3 is 6.03 Å². The molecule has 2 fully saturated rings. The number of nitrogens with zero attached hydrogens (tertiary/aromatic N) is 1. The molecule has 0 bridgehead atoms. The number of ether oxygens (including phenoxy) is 2. The SMILES string of the molecule is COc1ccc([C@@]23CCC(NC(=O)Nc4cccc(Cl)c4Cl)C[C@H]2N(C)CC3)cc1OC. The maximum absolute atomic E-state index is 12.7. The van der Waals surface area contributed by atoms with Crippen molar-refractivity contribution in [3.8, 4) is 11.5 Å². The van der Waals surface area contributed by atoms with Gasteiger partial charge in [0.15, 0.2) is 11.5 Å². The number of fused-ring (bicyclic) bond motifs is 1. The van der Waals surface area contributed by atoms with Gasteiger partial charge in [-0.15, -0.1) is 0 Å². The molecule has 2 aromatic carbocycles. The topological polar surface area (TPSA) is 62.8 Å². The Bertz CT molecular complexity index is 1000. The third kappa shape index (κ3) is 4.24. The lowest BCUT2D eigenvalue weighted by molar-refractivity contribution is 0.156. The molecule has 172 valence electrons. The first-order chi connectivity index (χ1) is 15.4. The highest BCUT2D eigenvalue weighted by Gasteiger charge is 2.50. The van der Waals surface area contributed by atoms with Crippen molar-refractivity contribution in [2.75, 3.05) is 33.1 Å². The minimum atomic E-state index is -0.265. The molecule has 32 heavy (non-hydrogen) atoms. The fraction of sp³-hybridized carbons (Fsp3) is 0.458. The molecular weight excluding hydrogens is 449 g/mol. The van der Waals surface area contributed by atoms with E-state index >= 15 is 0 Å². The van der Waals surface area contributed by atoms with Gasteiger partial charge in [0.05, 0.1) is 30.0 Å². The van der Waals surface area contributed by atoms with Crippen LogP contribution in [-0.2, 0) is 5.41 Å². The zero-order valence-electron chi connectivity index (χ0n) is 18.6. The van der Waals surface area contributed by atoms with Gasteiger partial charge in [0.2, 0.25) is 0 Å². The highest BCUT2D eigenvalue weighted by Crippen LogP contribution is 2.49. The summed E-state index contributed by atoms with van der Waals surface area (Å²) >= 11 is 12.3. The zero-order chi connectivity index (χ0) is 22.9. The van der Waals surface area contributed by atoms with E-state index < -0.39 is 0 Å². The quantitative estimate of drug-likeness (QED) is 0.610. The van der Waals surface area contributed by atoms with Crippen LogP contribution < -0.4 is 20.1 Å². The molecule has 1 heterocycles. The second-order valence-electron chi connectivity index (χ2n) is 8.64. The van der Waals surface area contributed by atoms with Crippen molar-refractivity contribution in [3.63, 3.8) is 0 Å². The summed E-state index contributed by atoms with van der Waals surface area (Å²) in [5.41, 5.74) is 1.82. The Balaban J connectivity index is 1.49. The van der Waals surface area contributed by atoms with Crippen molar-refractivity contribution in [2.45, 2.75) is 43.2 Å². The highest BCUT2D eigenvalue weighted by atomic mass is 35.5.